The van der Waals surface area contributed by atoms with E-state index in [0.717, 1.165) is 0 Å². The molecule has 18 heavy (non-hydrogen) atoms. The third-order valence-corrected chi connectivity index (χ3v) is 3.03. The van der Waals surface area contributed by atoms with Crippen LogP contribution in [0.5, 0.6) is 11.5 Å². The van der Waals surface area contributed by atoms with Gasteiger partial charge in [-0.15, -0.1) is 11.6 Å². The summed E-state index contributed by atoms with van der Waals surface area (Å²) in [5.74, 6) is -3.69. The van der Waals surface area contributed by atoms with E-state index < -0.39 is 17.7 Å². The van der Waals surface area contributed by atoms with Crippen LogP contribution in [0.15, 0.2) is 18.2 Å². The van der Waals surface area contributed by atoms with Gasteiger partial charge in [-0.05, 0) is 17.7 Å². The zero-order chi connectivity index (χ0) is 13.3. The van der Waals surface area contributed by atoms with Crippen LogP contribution in [0.4, 0.5) is 17.6 Å². The smallest absolute Gasteiger partial charge is 0.327 e. The van der Waals surface area contributed by atoms with Crippen LogP contribution in [0.25, 0.3) is 0 Å². The molecule has 0 radical (unpaired) electrons. The molecule has 0 spiro atoms. The lowest BCUT2D eigenvalue weighted by Gasteiger charge is -2.23. The van der Waals surface area contributed by atoms with Gasteiger partial charge in [0.15, 0.2) is 11.5 Å². The lowest BCUT2D eigenvalue weighted by molar-refractivity contribution is -0.130. The van der Waals surface area contributed by atoms with Crippen molar-refractivity contribution in [3.05, 3.63) is 23.8 Å². The third-order valence-electron chi connectivity index (χ3n) is 2.49. The molecule has 1 atom stereocenters. The predicted molar refractivity (Wildman–Crippen MR) is 57.0 cm³/mol. The Labute approximate surface area is 105 Å². The SMILES string of the molecule is FC(F)C(F)(F)C(Cl)c1ccc2c(c1)OCCO2. The molecule has 2 nitrogen and oxygen atoms in total. The maximum atomic E-state index is 13.1. The van der Waals surface area contributed by atoms with Crippen molar-refractivity contribution in [1.82, 2.24) is 0 Å². The van der Waals surface area contributed by atoms with Crippen molar-refractivity contribution in [2.24, 2.45) is 0 Å². The van der Waals surface area contributed by atoms with Crippen LogP contribution < -0.4 is 9.47 Å². The Bertz CT molecular complexity index is 439. The largest absolute Gasteiger partial charge is 0.486 e. The van der Waals surface area contributed by atoms with Crippen LogP contribution in [-0.4, -0.2) is 25.6 Å². The van der Waals surface area contributed by atoms with E-state index in [1.165, 1.54) is 18.2 Å². The van der Waals surface area contributed by atoms with Crippen LogP contribution in [0, 0.1) is 0 Å². The van der Waals surface area contributed by atoms with Crippen LogP contribution in [0.1, 0.15) is 10.9 Å². The van der Waals surface area contributed by atoms with E-state index in [9.17, 15) is 17.6 Å². The van der Waals surface area contributed by atoms with E-state index in [-0.39, 0.29) is 17.9 Å². The molecule has 0 aliphatic carbocycles. The molecule has 2 rings (SSSR count). The van der Waals surface area contributed by atoms with E-state index in [1.54, 1.807) is 0 Å². The Kier molecular flexibility index (Phi) is 3.56. The summed E-state index contributed by atoms with van der Waals surface area (Å²) in [4.78, 5) is 0. The Morgan fingerprint density at radius 3 is 2.33 bits per heavy atom. The quantitative estimate of drug-likeness (QED) is 0.623. The molecule has 7 heteroatoms. The maximum Gasteiger partial charge on any atom is 0.327 e. The molecular weight excluding hydrogens is 276 g/mol. The highest BCUT2D eigenvalue weighted by molar-refractivity contribution is 6.21. The zero-order valence-electron chi connectivity index (χ0n) is 9.01. The molecule has 100 valence electrons. The Morgan fingerprint density at radius 2 is 1.72 bits per heavy atom. The van der Waals surface area contributed by atoms with Gasteiger partial charge < -0.3 is 9.47 Å². The van der Waals surface area contributed by atoms with Gasteiger partial charge in [0, 0.05) is 0 Å². The molecule has 0 amide bonds. The highest BCUT2D eigenvalue weighted by Crippen LogP contribution is 2.43. The number of hydrogen-bond donors (Lipinski definition) is 0. The monoisotopic (exact) mass is 284 g/mol. The molecule has 0 saturated heterocycles. The van der Waals surface area contributed by atoms with Crippen LogP contribution in [-0.2, 0) is 0 Å². The van der Waals surface area contributed by atoms with Gasteiger partial charge in [0.2, 0.25) is 0 Å². The fourth-order valence-corrected chi connectivity index (χ4v) is 1.78. The van der Waals surface area contributed by atoms with E-state index >= 15 is 0 Å². The van der Waals surface area contributed by atoms with Gasteiger partial charge >= 0.3 is 12.3 Å². The maximum absolute atomic E-state index is 13.1. The molecule has 1 heterocycles. The predicted octanol–water partition coefficient (Wildman–Crippen LogP) is 3.64. The number of fused-ring (bicyclic) bond motifs is 1. The van der Waals surface area contributed by atoms with Crippen molar-refractivity contribution < 1.29 is 27.0 Å². The molecule has 1 unspecified atom stereocenters. The summed E-state index contributed by atoms with van der Waals surface area (Å²) in [6, 6.07) is 3.80. The molecule has 0 bridgehead atoms. The normalized spacial score (nSPS) is 16.8. The zero-order valence-corrected chi connectivity index (χ0v) is 9.76. The van der Waals surface area contributed by atoms with E-state index in [0.29, 0.717) is 12.4 Å². The second kappa shape index (κ2) is 4.84. The van der Waals surface area contributed by atoms with Gasteiger partial charge in [0.25, 0.3) is 0 Å². The first-order valence-corrected chi connectivity index (χ1v) is 5.56. The summed E-state index contributed by atoms with van der Waals surface area (Å²) in [7, 11) is 0. The van der Waals surface area contributed by atoms with Gasteiger partial charge in [-0.25, -0.2) is 8.78 Å². The second-order valence-corrected chi connectivity index (χ2v) is 4.18. The summed E-state index contributed by atoms with van der Waals surface area (Å²) in [6.07, 6.45) is -3.83. The average molecular weight is 285 g/mol. The minimum Gasteiger partial charge on any atom is -0.486 e. The van der Waals surface area contributed by atoms with E-state index in [2.05, 4.69) is 0 Å². The number of ether oxygens (including phenoxy) is 2. The van der Waals surface area contributed by atoms with Crippen molar-refractivity contribution in [1.29, 1.82) is 0 Å². The van der Waals surface area contributed by atoms with Crippen molar-refractivity contribution in [3.8, 4) is 11.5 Å². The molecule has 0 N–H and O–H groups in total. The Hall–Kier alpha value is -1.17. The minimum absolute atomic E-state index is 0.133. The van der Waals surface area contributed by atoms with Gasteiger partial charge in [-0.1, -0.05) is 6.07 Å². The first-order chi connectivity index (χ1) is 8.43. The molecule has 1 aromatic rings. The van der Waals surface area contributed by atoms with Crippen LogP contribution in [0.3, 0.4) is 0 Å². The molecule has 1 aliphatic heterocycles. The second-order valence-electron chi connectivity index (χ2n) is 3.74. The summed E-state index contributed by atoms with van der Waals surface area (Å²) < 4.78 is 61.0. The van der Waals surface area contributed by atoms with Gasteiger partial charge in [-0.3, -0.25) is 0 Å². The summed E-state index contributed by atoms with van der Waals surface area (Å²) in [5, 5.41) is -2.12. The molecule has 0 fully saturated rings. The van der Waals surface area contributed by atoms with Gasteiger partial charge in [0.1, 0.15) is 18.6 Å². The molecule has 0 aromatic heterocycles. The van der Waals surface area contributed by atoms with Crippen molar-refractivity contribution >= 4 is 11.6 Å². The molecule has 1 aliphatic rings. The Morgan fingerprint density at radius 1 is 1.11 bits per heavy atom. The number of alkyl halides is 5. The first-order valence-electron chi connectivity index (χ1n) is 5.12. The van der Waals surface area contributed by atoms with Crippen LogP contribution >= 0.6 is 11.6 Å². The van der Waals surface area contributed by atoms with Crippen molar-refractivity contribution in [2.75, 3.05) is 13.2 Å². The lowest BCUT2D eigenvalue weighted by Crippen LogP contribution is -2.31. The molecular formula is C11H9ClF4O2. The summed E-state index contributed by atoms with van der Waals surface area (Å²) in [6.45, 7) is 0.624. The number of halogens is 5. The van der Waals surface area contributed by atoms with Gasteiger partial charge in [0.05, 0.1) is 0 Å². The minimum atomic E-state index is -4.30. The third kappa shape index (κ3) is 2.34. The Balaban J connectivity index is 2.28. The standard InChI is InChI=1S/C11H9ClF4O2/c12-9(11(15,16)10(13)14)6-1-2-7-8(5-6)18-4-3-17-7/h1-2,5,9-10H,3-4H2. The number of rotatable bonds is 3. The van der Waals surface area contributed by atoms with Gasteiger partial charge in [-0.2, -0.15) is 8.78 Å². The van der Waals surface area contributed by atoms with Crippen molar-refractivity contribution in [3.63, 3.8) is 0 Å². The van der Waals surface area contributed by atoms with Crippen molar-refractivity contribution in [2.45, 2.75) is 17.7 Å². The average Bonchev–Trinajstić information content (AvgIpc) is 2.37. The highest BCUT2D eigenvalue weighted by Gasteiger charge is 2.48. The van der Waals surface area contributed by atoms with E-state index in [4.69, 9.17) is 21.1 Å². The van der Waals surface area contributed by atoms with Crippen LogP contribution in [0.2, 0.25) is 0 Å². The fourth-order valence-electron chi connectivity index (χ4n) is 1.55. The lowest BCUT2D eigenvalue weighted by atomic mass is 10.1. The fraction of sp³-hybridized carbons (Fsp3) is 0.455. The highest BCUT2D eigenvalue weighted by atomic mass is 35.5. The van der Waals surface area contributed by atoms with E-state index in [1.807, 2.05) is 0 Å². The number of hydrogen-bond acceptors (Lipinski definition) is 2. The summed E-state index contributed by atoms with van der Waals surface area (Å²) >= 11 is 5.41. The molecule has 1 aromatic carbocycles. The number of benzene rings is 1. The topological polar surface area (TPSA) is 18.5 Å². The molecule has 0 saturated carbocycles. The first kappa shape index (κ1) is 13.3. The summed E-state index contributed by atoms with van der Waals surface area (Å²) in [5.41, 5.74) is -0.133.